The Kier molecular flexibility index (Phi) is 5.85. The average molecular weight is 381 g/mol. The Morgan fingerprint density at radius 1 is 1.39 bits per heavy atom. The SMILES string of the molecule is CC1Cc2cc(S(=O)(=O)N3CCCCC3CN)cc(Cl)c2O1.Cl. The molecule has 23 heavy (non-hydrogen) atoms. The second kappa shape index (κ2) is 7.15. The van der Waals surface area contributed by atoms with E-state index in [1.807, 2.05) is 6.92 Å². The van der Waals surface area contributed by atoms with Gasteiger partial charge in [0.1, 0.15) is 11.9 Å². The molecule has 2 atom stereocenters. The maximum Gasteiger partial charge on any atom is 0.243 e. The van der Waals surface area contributed by atoms with E-state index in [0.29, 0.717) is 30.3 Å². The van der Waals surface area contributed by atoms with Crippen LogP contribution in [0.5, 0.6) is 5.75 Å². The molecule has 2 aliphatic rings. The number of hydrogen-bond acceptors (Lipinski definition) is 4. The van der Waals surface area contributed by atoms with Crippen molar-refractivity contribution in [1.82, 2.24) is 4.31 Å². The first-order valence-corrected chi connectivity index (χ1v) is 9.46. The Morgan fingerprint density at radius 2 is 2.13 bits per heavy atom. The van der Waals surface area contributed by atoms with Gasteiger partial charge in [-0.05, 0) is 31.9 Å². The van der Waals surface area contributed by atoms with Crippen molar-refractivity contribution in [2.24, 2.45) is 5.73 Å². The molecule has 5 nitrogen and oxygen atoms in total. The summed E-state index contributed by atoms with van der Waals surface area (Å²) >= 11 is 6.22. The van der Waals surface area contributed by atoms with Gasteiger partial charge in [0.2, 0.25) is 10.0 Å². The van der Waals surface area contributed by atoms with Crippen LogP contribution in [0.25, 0.3) is 0 Å². The highest BCUT2D eigenvalue weighted by Gasteiger charge is 2.34. The minimum Gasteiger partial charge on any atom is -0.489 e. The van der Waals surface area contributed by atoms with E-state index in [4.69, 9.17) is 22.1 Å². The molecule has 3 rings (SSSR count). The Balaban J connectivity index is 0.00000192. The van der Waals surface area contributed by atoms with Crippen LogP contribution in [0.1, 0.15) is 31.7 Å². The highest BCUT2D eigenvalue weighted by atomic mass is 35.5. The van der Waals surface area contributed by atoms with Crippen molar-refractivity contribution in [1.29, 1.82) is 0 Å². The van der Waals surface area contributed by atoms with Gasteiger partial charge in [0.05, 0.1) is 9.92 Å². The zero-order valence-electron chi connectivity index (χ0n) is 13.0. The standard InChI is InChI=1S/C15H21ClN2O3S.ClH/c1-10-6-11-7-13(8-14(16)15(11)21-10)22(19,20)18-5-3-2-4-12(18)9-17;/h7-8,10,12H,2-6,9,17H2,1H3;1H. The van der Waals surface area contributed by atoms with Crippen LogP contribution in [0, 0.1) is 0 Å². The first-order valence-electron chi connectivity index (χ1n) is 7.64. The van der Waals surface area contributed by atoms with Crippen molar-refractivity contribution in [2.45, 2.75) is 49.6 Å². The van der Waals surface area contributed by atoms with Gasteiger partial charge in [-0.3, -0.25) is 0 Å². The zero-order valence-corrected chi connectivity index (χ0v) is 15.4. The van der Waals surface area contributed by atoms with E-state index in [-0.39, 0.29) is 29.4 Å². The Labute approximate surface area is 148 Å². The summed E-state index contributed by atoms with van der Waals surface area (Å²) in [7, 11) is -3.57. The van der Waals surface area contributed by atoms with Crippen molar-refractivity contribution < 1.29 is 13.2 Å². The van der Waals surface area contributed by atoms with Crippen LogP contribution in [0.15, 0.2) is 17.0 Å². The molecule has 0 aromatic heterocycles. The van der Waals surface area contributed by atoms with Crippen molar-refractivity contribution >= 4 is 34.0 Å². The summed E-state index contributed by atoms with van der Waals surface area (Å²) in [5.41, 5.74) is 6.62. The van der Waals surface area contributed by atoms with Gasteiger partial charge in [0.25, 0.3) is 0 Å². The van der Waals surface area contributed by atoms with Crippen molar-refractivity contribution in [3.05, 3.63) is 22.7 Å². The van der Waals surface area contributed by atoms with E-state index < -0.39 is 10.0 Å². The van der Waals surface area contributed by atoms with Crippen LogP contribution >= 0.6 is 24.0 Å². The van der Waals surface area contributed by atoms with E-state index in [2.05, 4.69) is 0 Å². The molecular weight excluding hydrogens is 359 g/mol. The first-order chi connectivity index (χ1) is 10.4. The molecule has 1 fully saturated rings. The highest BCUT2D eigenvalue weighted by Crippen LogP contribution is 2.39. The third kappa shape index (κ3) is 3.46. The molecule has 1 aromatic carbocycles. The van der Waals surface area contributed by atoms with Crippen LogP contribution in [0.4, 0.5) is 0 Å². The predicted molar refractivity (Wildman–Crippen MR) is 93.1 cm³/mol. The minimum atomic E-state index is -3.57. The maximum atomic E-state index is 13.0. The molecular formula is C15H22Cl2N2O3S. The average Bonchev–Trinajstić information content (AvgIpc) is 2.88. The van der Waals surface area contributed by atoms with Crippen LogP contribution in [0.2, 0.25) is 5.02 Å². The number of halogens is 2. The third-order valence-electron chi connectivity index (χ3n) is 4.37. The molecule has 8 heteroatoms. The fraction of sp³-hybridized carbons (Fsp3) is 0.600. The van der Waals surface area contributed by atoms with Crippen LogP contribution in [0.3, 0.4) is 0 Å². The van der Waals surface area contributed by atoms with Gasteiger partial charge in [-0.1, -0.05) is 18.0 Å². The summed E-state index contributed by atoms with van der Waals surface area (Å²) in [5, 5.41) is 0.363. The molecule has 0 bridgehead atoms. The topological polar surface area (TPSA) is 72.6 Å². The molecule has 0 aliphatic carbocycles. The molecule has 0 amide bonds. The largest absolute Gasteiger partial charge is 0.489 e. The molecule has 2 unspecified atom stereocenters. The molecule has 2 heterocycles. The molecule has 0 radical (unpaired) electrons. The number of nitrogens with two attached hydrogens (primary N) is 1. The Bertz CT molecular complexity index is 682. The Hall–Kier alpha value is -0.530. The van der Waals surface area contributed by atoms with Crippen LogP contribution in [-0.4, -0.2) is 38.0 Å². The van der Waals surface area contributed by atoms with Gasteiger partial charge in [0.15, 0.2) is 0 Å². The van der Waals surface area contributed by atoms with E-state index in [1.165, 1.54) is 10.4 Å². The summed E-state index contributed by atoms with van der Waals surface area (Å²) < 4.78 is 33.1. The number of hydrogen-bond donors (Lipinski definition) is 1. The lowest BCUT2D eigenvalue weighted by atomic mass is 10.1. The predicted octanol–water partition coefficient (Wildman–Crippen LogP) is 2.59. The number of ether oxygens (including phenoxy) is 1. The van der Waals surface area contributed by atoms with Crippen LogP contribution in [-0.2, 0) is 16.4 Å². The molecule has 1 saturated heterocycles. The number of rotatable bonds is 3. The summed E-state index contributed by atoms with van der Waals surface area (Å²) in [6.07, 6.45) is 3.41. The van der Waals surface area contributed by atoms with Gasteiger partial charge < -0.3 is 10.5 Å². The normalized spacial score (nSPS) is 24.7. The molecule has 2 aliphatic heterocycles. The monoisotopic (exact) mass is 380 g/mol. The van der Waals surface area contributed by atoms with Gasteiger partial charge >= 0.3 is 0 Å². The zero-order chi connectivity index (χ0) is 15.9. The highest BCUT2D eigenvalue weighted by molar-refractivity contribution is 7.89. The lowest BCUT2D eigenvalue weighted by Gasteiger charge is -2.34. The second-order valence-electron chi connectivity index (χ2n) is 6.03. The van der Waals surface area contributed by atoms with Crippen molar-refractivity contribution in [3.63, 3.8) is 0 Å². The first kappa shape index (κ1) is 18.8. The van der Waals surface area contributed by atoms with E-state index in [1.54, 1.807) is 6.07 Å². The lowest BCUT2D eigenvalue weighted by molar-refractivity contribution is 0.254. The lowest BCUT2D eigenvalue weighted by Crippen LogP contribution is -2.47. The summed E-state index contributed by atoms with van der Waals surface area (Å²) in [4.78, 5) is 0.245. The Morgan fingerprint density at radius 3 is 2.83 bits per heavy atom. The number of fused-ring (bicyclic) bond motifs is 1. The number of benzene rings is 1. The number of sulfonamides is 1. The van der Waals surface area contributed by atoms with Crippen molar-refractivity contribution in [2.75, 3.05) is 13.1 Å². The molecule has 130 valence electrons. The fourth-order valence-corrected chi connectivity index (χ4v) is 5.40. The molecule has 2 N–H and O–H groups in total. The summed E-state index contributed by atoms with van der Waals surface area (Å²) in [6, 6.07) is 3.07. The van der Waals surface area contributed by atoms with Gasteiger partial charge in [-0.15, -0.1) is 12.4 Å². The van der Waals surface area contributed by atoms with Crippen molar-refractivity contribution in [3.8, 4) is 5.75 Å². The van der Waals surface area contributed by atoms with Gasteiger partial charge in [0, 0.05) is 31.1 Å². The van der Waals surface area contributed by atoms with E-state index in [0.717, 1.165) is 24.8 Å². The third-order valence-corrected chi connectivity index (χ3v) is 6.58. The molecule has 1 aromatic rings. The summed E-state index contributed by atoms with van der Waals surface area (Å²) in [5.74, 6) is 0.613. The number of nitrogens with zero attached hydrogens (tertiary/aromatic N) is 1. The minimum absolute atomic E-state index is 0. The van der Waals surface area contributed by atoms with Crippen LogP contribution < -0.4 is 10.5 Å². The quantitative estimate of drug-likeness (QED) is 0.874. The van der Waals surface area contributed by atoms with E-state index in [9.17, 15) is 8.42 Å². The fourth-order valence-electron chi connectivity index (χ4n) is 3.27. The smallest absolute Gasteiger partial charge is 0.243 e. The maximum absolute atomic E-state index is 13.0. The van der Waals surface area contributed by atoms with E-state index >= 15 is 0 Å². The molecule has 0 saturated carbocycles. The van der Waals surface area contributed by atoms with Gasteiger partial charge in [-0.25, -0.2) is 8.42 Å². The summed E-state index contributed by atoms with van der Waals surface area (Å²) in [6.45, 7) is 2.81. The van der Waals surface area contributed by atoms with Gasteiger partial charge in [-0.2, -0.15) is 4.31 Å². The molecule has 0 spiro atoms. The number of piperidine rings is 1. The second-order valence-corrected chi connectivity index (χ2v) is 8.32.